The zero-order valence-electron chi connectivity index (χ0n) is 14.6. The summed E-state index contributed by atoms with van der Waals surface area (Å²) in [6, 6.07) is 8.42. The summed E-state index contributed by atoms with van der Waals surface area (Å²) < 4.78 is 1.59. The van der Waals surface area contributed by atoms with Gasteiger partial charge in [-0.3, -0.25) is 9.69 Å². The Kier molecular flexibility index (Phi) is 4.48. The van der Waals surface area contributed by atoms with Crippen LogP contribution in [0.1, 0.15) is 43.0 Å². The van der Waals surface area contributed by atoms with Crippen LogP contribution in [-0.4, -0.2) is 67.6 Å². The Labute approximate surface area is 147 Å². The van der Waals surface area contributed by atoms with Crippen molar-refractivity contribution in [3.05, 3.63) is 36.2 Å². The van der Waals surface area contributed by atoms with Crippen molar-refractivity contribution < 1.29 is 4.79 Å². The van der Waals surface area contributed by atoms with Crippen molar-refractivity contribution in [2.75, 3.05) is 19.6 Å². The summed E-state index contributed by atoms with van der Waals surface area (Å²) in [5.41, 5.74) is 1.59. The molecule has 2 aromatic rings. The van der Waals surface area contributed by atoms with Crippen LogP contribution in [0.4, 0.5) is 0 Å². The lowest BCUT2D eigenvalue weighted by Crippen LogP contribution is -2.48. The van der Waals surface area contributed by atoms with Gasteiger partial charge in [-0.25, -0.2) is 4.68 Å². The molecular weight excluding hydrogens is 316 g/mol. The molecule has 0 unspecified atom stereocenters. The molecule has 0 saturated carbocycles. The fourth-order valence-corrected chi connectivity index (χ4v) is 4.33. The normalized spacial score (nSPS) is 24.1. The van der Waals surface area contributed by atoms with Crippen LogP contribution in [0, 0.1) is 0 Å². The smallest absolute Gasteiger partial charge is 0.254 e. The number of benzene rings is 1. The molecule has 7 nitrogen and oxygen atoms in total. The fourth-order valence-electron chi connectivity index (χ4n) is 4.33. The Morgan fingerprint density at radius 1 is 1.12 bits per heavy atom. The Hall–Kier alpha value is -2.28. The molecule has 2 fully saturated rings. The Balaban J connectivity index is 1.51. The highest BCUT2D eigenvalue weighted by Crippen LogP contribution is 2.30. The van der Waals surface area contributed by atoms with Gasteiger partial charge in [-0.1, -0.05) is 6.92 Å². The van der Waals surface area contributed by atoms with Crippen molar-refractivity contribution in [1.82, 2.24) is 30.0 Å². The maximum atomic E-state index is 13.1. The van der Waals surface area contributed by atoms with E-state index in [9.17, 15) is 4.79 Å². The van der Waals surface area contributed by atoms with E-state index in [1.54, 1.807) is 11.0 Å². The van der Waals surface area contributed by atoms with Crippen LogP contribution in [0.3, 0.4) is 0 Å². The first-order valence-corrected chi connectivity index (χ1v) is 9.16. The van der Waals surface area contributed by atoms with Crippen LogP contribution < -0.4 is 0 Å². The third-order valence-electron chi connectivity index (χ3n) is 5.55. The van der Waals surface area contributed by atoms with Crippen molar-refractivity contribution in [3.8, 4) is 5.69 Å². The minimum absolute atomic E-state index is 0.147. The molecule has 2 saturated heterocycles. The van der Waals surface area contributed by atoms with Gasteiger partial charge in [0, 0.05) is 24.2 Å². The maximum absolute atomic E-state index is 13.1. The van der Waals surface area contributed by atoms with E-state index in [4.69, 9.17) is 0 Å². The second-order valence-electron chi connectivity index (χ2n) is 6.85. The van der Waals surface area contributed by atoms with Crippen molar-refractivity contribution >= 4 is 5.91 Å². The number of hydrogen-bond donors (Lipinski definition) is 0. The molecule has 3 heterocycles. The highest BCUT2D eigenvalue weighted by atomic mass is 16.2. The summed E-state index contributed by atoms with van der Waals surface area (Å²) in [7, 11) is 0. The van der Waals surface area contributed by atoms with Gasteiger partial charge in [-0.2, -0.15) is 0 Å². The van der Waals surface area contributed by atoms with Crippen molar-refractivity contribution in [3.63, 3.8) is 0 Å². The van der Waals surface area contributed by atoms with Gasteiger partial charge in [-0.05, 0) is 73.5 Å². The van der Waals surface area contributed by atoms with E-state index in [-0.39, 0.29) is 5.91 Å². The van der Waals surface area contributed by atoms with Gasteiger partial charge in [0.2, 0.25) is 0 Å². The van der Waals surface area contributed by atoms with Gasteiger partial charge < -0.3 is 4.90 Å². The van der Waals surface area contributed by atoms with Crippen LogP contribution in [0.15, 0.2) is 30.6 Å². The van der Waals surface area contributed by atoms with Crippen molar-refractivity contribution in [2.45, 2.75) is 44.7 Å². The largest absolute Gasteiger partial charge is 0.334 e. The number of carbonyl (C=O) groups excluding carboxylic acids is 1. The molecule has 0 bridgehead atoms. The van der Waals surface area contributed by atoms with Gasteiger partial charge >= 0.3 is 0 Å². The van der Waals surface area contributed by atoms with E-state index in [1.165, 1.54) is 19.4 Å². The van der Waals surface area contributed by atoms with E-state index in [0.29, 0.717) is 12.1 Å². The molecule has 0 spiro atoms. The molecule has 1 aromatic heterocycles. The summed E-state index contributed by atoms with van der Waals surface area (Å²) in [6.45, 7) is 5.33. The Morgan fingerprint density at radius 3 is 2.60 bits per heavy atom. The highest BCUT2D eigenvalue weighted by Gasteiger charge is 2.39. The predicted octanol–water partition coefficient (Wildman–Crippen LogP) is 1.75. The third-order valence-corrected chi connectivity index (χ3v) is 5.55. The Morgan fingerprint density at radius 2 is 1.88 bits per heavy atom. The number of likely N-dealkylation sites (tertiary alicyclic amines) is 2. The zero-order chi connectivity index (χ0) is 17.2. The highest BCUT2D eigenvalue weighted by molar-refractivity contribution is 5.94. The van der Waals surface area contributed by atoms with Gasteiger partial charge in [-0.15, -0.1) is 5.10 Å². The molecule has 1 aromatic carbocycles. The zero-order valence-corrected chi connectivity index (χ0v) is 14.6. The first kappa shape index (κ1) is 16.2. The summed E-state index contributed by atoms with van der Waals surface area (Å²) in [5, 5.41) is 11.2. The lowest BCUT2D eigenvalue weighted by atomic mass is 10.0. The van der Waals surface area contributed by atoms with Crippen molar-refractivity contribution in [1.29, 1.82) is 0 Å². The maximum Gasteiger partial charge on any atom is 0.254 e. The van der Waals surface area contributed by atoms with Crippen LogP contribution in [0.2, 0.25) is 0 Å². The van der Waals surface area contributed by atoms with E-state index >= 15 is 0 Å². The molecule has 4 rings (SSSR count). The standard InChI is InChI=1S/C18H24N6O/c1-2-22-11-3-5-16(22)17-6-4-12-23(17)18(25)14-7-9-15(10-8-14)24-13-19-20-21-24/h7-10,13,16-17H,2-6,11-12H2,1H3/t16-,17+/m0/s1. The molecule has 25 heavy (non-hydrogen) atoms. The van der Waals surface area contributed by atoms with E-state index in [1.807, 2.05) is 24.3 Å². The minimum atomic E-state index is 0.147. The van der Waals surface area contributed by atoms with Gasteiger partial charge in [0.05, 0.1) is 5.69 Å². The molecule has 0 N–H and O–H groups in total. The van der Waals surface area contributed by atoms with Gasteiger partial charge in [0.15, 0.2) is 0 Å². The summed E-state index contributed by atoms with van der Waals surface area (Å²) in [5.74, 6) is 0.147. The molecular formula is C18H24N6O. The van der Waals surface area contributed by atoms with Gasteiger partial charge in [0.25, 0.3) is 5.91 Å². The van der Waals surface area contributed by atoms with Crippen molar-refractivity contribution in [2.24, 2.45) is 0 Å². The predicted molar refractivity (Wildman–Crippen MR) is 93.5 cm³/mol. The fraction of sp³-hybridized carbons (Fsp3) is 0.556. The lowest BCUT2D eigenvalue weighted by molar-refractivity contribution is 0.0650. The summed E-state index contributed by atoms with van der Waals surface area (Å²) in [4.78, 5) is 17.7. The summed E-state index contributed by atoms with van der Waals surface area (Å²) in [6.07, 6.45) is 6.23. The average Bonchev–Trinajstić information content (AvgIpc) is 3.41. The topological polar surface area (TPSA) is 67.2 Å². The van der Waals surface area contributed by atoms with Crippen LogP contribution in [0.5, 0.6) is 0 Å². The number of tetrazole rings is 1. The monoisotopic (exact) mass is 340 g/mol. The average molecular weight is 340 g/mol. The number of aromatic nitrogens is 4. The first-order valence-electron chi connectivity index (χ1n) is 9.16. The number of carbonyl (C=O) groups is 1. The number of amides is 1. The van der Waals surface area contributed by atoms with Gasteiger partial charge in [0.1, 0.15) is 6.33 Å². The molecule has 1 amide bonds. The van der Waals surface area contributed by atoms with Crippen LogP contribution in [0.25, 0.3) is 5.69 Å². The second-order valence-corrected chi connectivity index (χ2v) is 6.85. The number of hydrogen-bond acceptors (Lipinski definition) is 5. The first-order chi connectivity index (χ1) is 12.3. The lowest BCUT2D eigenvalue weighted by Gasteiger charge is -2.34. The molecule has 0 aliphatic carbocycles. The van der Waals surface area contributed by atoms with Crippen LogP contribution >= 0.6 is 0 Å². The molecule has 2 atom stereocenters. The SMILES string of the molecule is CCN1CCC[C@H]1[C@H]1CCCN1C(=O)c1ccc(-n2cnnn2)cc1. The molecule has 2 aliphatic rings. The van der Waals surface area contributed by atoms with E-state index in [0.717, 1.165) is 37.2 Å². The summed E-state index contributed by atoms with van der Waals surface area (Å²) >= 11 is 0. The third kappa shape index (κ3) is 3.04. The quantitative estimate of drug-likeness (QED) is 0.848. The second kappa shape index (κ2) is 6.92. The molecule has 132 valence electrons. The molecule has 2 aliphatic heterocycles. The van der Waals surface area contributed by atoms with E-state index in [2.05, 4.69) is 32.2 Å². The Bertz CT molecular complexity index is 714. The molecule has 7 heteroatoms. The molecule has 0 radical (unpaired) electrons. The van der Waals surface area contributed by atoms with Crippen LogP contribution in [-0.2, 0) is 0 Å². The number of rotatable bonds is 4. The minimum Gasteiger partial charge on any atom is -0.334 e. The number of nitrogens with zero attached hydrogens (tertiary/aromatic N) is 6. The number of likely N-dealkylation sites (N-methyl/N-ethyl adjacent to an activating group) is 1. The van der Waals surface area contributed by atoms with E-state index < -0.39 is 0 Å².